The molecule has 0 atom stereocenters. The monoisotopic (exact) mass is 572 g/mol. The van der Waals surface area contributed by atoms with Crippen LogP contribution in [0.3, 0.4) is 0 Å². The predicted molar refractivity (Wildman–Crippen MR) is 145 cm³/mol. The lowest BCUT2D eigenvalue weighted by atomic mass is 10.0. The van der Waals surface area contributed by atoms with Gasteiger partial charge in [0.15, 0.2) is 0 Å². The van der Waals surface area contributed by atoms with Crippen molar-refractivity contribution in [1.82, 2.24) is 9.13 Å². The third-order valence-corrected chi connectivity index (χ3v) is 8.33. The van der Waals surface area contributed by atoms with E-state index in [9.17, 15) is 4.79 Å². The molecule has 0 spiro atoms. The normalized spacial score (nSPS) is 11.5. The number of hydrogen-bond acceptors (Lipinski definition) is 2. The molecule has 2 aromatic heterocycles. The number of aromatic nitrogens is 2. The van der Waals surface area contributed by atoms with Gasteiger partial charge in [0.25, 0.3) is 0 Å². The molecule has 166 valence electrons. The van der Waals surface area contributed by atoms with Crippen molar-refractivity contribution in [2.24, 2.45) is 0 Å². The number of hydrogen-bond donors (Lipinski definition) is 0. The summed E-state index contributed by atoms with van der Waals surface area (Å²) in [6.45, 7) is 0. The Morgan fingerprint density at radius 1 is 0.706 bits per heavy atom. The molecular formula is C28H18Br2N2O2. The maximum absolute atomic E-state index is 12.2. The zero-order chi connectivity index (χ0) is 23.4. The molecule has 0 aliphatic heterocycles. The summed E-state index contributed by atoms with van der Waals surface area (Å²) in [6.07, 6.45) is -0.439. The van der Waals surface area contributed by atoms with Crippen molar-refractivity contribution in [1.29, 1.82) is 0 Å². The van der Waals surface area contributed by atoms with E-state index in [1.165, 1.54) is 33.5 Å². The Kier molecular flexibility index (Phi) is 5.08. The minimum Gasteiger partial charge on any atom is -0.452 e. The van der Waals surface area contributed by atoms with Crippen molar-refractivity contribution in [2.45, 2.75) is 0 Å². The molecule has 0 radical (unpaired) electrons. The quantitative estimate of drug-likeness (QED) is 0.208. The minimum atomic E-state index is -0.439. The second kappa shape index (κ2) is 8.15. The van der Waals surface area contributed by atoms with Crippen molar-refractivity contribution >= 4 is 70.7 Å². The van der Waals surface area contributed by atoms with Gasteiger partial charge in [-0.2, -0.15) is 0 Å². The molecule has 6 heteroatoms. The van der Waals surface area contributed by atoms with E-state index >= 15 is 0 Å². The molecule has 0 saturated carbocycles. The zero-order valence-corrected chi connectivity index (χ0v) is 21.3. The fourth-order valence-corrected chi connectivity index (χ4v) is 5.72. The van der Waals surface area contributed by atoms with Gasteiger partial charge >= 0.3 is 6.09 Å². The van der Waals surface area contributed by atoms with Gasteiger partial charge in [0.2, 0.25) is 0 Å². The van der Waals surface area contributed by atoms with Crippen LogP contribution in [0.2, 0.25) is 0 Å². The Morgan fingerprint density at radius 2 is 1.29 bits per heavy atom. The highest BCUT2D eigenvalue weighted by atomic mass is 79.9. The number of carbonyl (C=O) groups excluding carboxylic acids is 1. The third-order valence-electron chi connectivity index (χ3n) is 6.25. The molecule has 0 fully saturated rings. The molecule has 4 nitrogen and oxygen atoms in total. The van der Waals surface area contributed by atoms with Gasteiger partial charge in [-0.05, 0) is 79.4 Å². The summed E-state index contributed by atoms with van der Waals surface area (Å²) >= 11 is 7.11. The van der Waals surface area contributed by atoms with E-state index < -0.39 is 6.09 Å². The van der Waals surface area contributed by atoms with Crippen LogP contribution in [0.25, 0.3) is 49.5 Å². The summed E-state index contributed by atoms with van der Waals surface area (Å²) in [6, 6.07) is 31.7. The Morgan fingerprint density at radius 3 is 1.91 bits per heavy atom. The lowest BCUT2D eigenvalue weighted by Gasteiger charge is -2.10. The molecule has 0 bridgehead atoms. The van der Waals surface area contributed by atoms with Gasteiger partial charge in [0.1, 0.15) is 4.60 Å². The summed E-state index contributed by atoms with van der Waals surface area (Å²) in [5, 5.41) is 3.43. The van der Waals surface area contributed by atoms with Crippen LogP contribution in [0.15, 0.2) is 100 Å². The van der Waals surface area contributed by atoms with Crippen LogP contribution in [0, 0.1) is 0 Å². The number of carbonyl (C=O) groups is 1. The average molecular weight is 574 g/mol. The number of nitrogens with zero attached hydrogens (tertiary/aromatic N) is 2. The Labute approximate surface area is 212 Å². The Bertz CT molecular complexity index is 1680. The molecule has 6 aromatic rings. The summed E-state index contributed by atoms with van der Waals surface area (Å²) in [7, 11) is 1.38. The van der Waals surface area contributed by atoms with Gasteiger partial charge in [0, 0.05) is 21.8 Å². The number of benzene rings is 4. The largest absolute Gasteiger partial charge is 0.452 e. The molecule has 0 amide bonds. The fraction of sp³-hybridized carbons (Fsp3) is 0.0357. The number of halogens is 2. The van der Waals surface area contributed by atoms with E-state index in [2.05, 4.69) is 115 Å². The molecule has 6 rings (SSSR count). The number of para-hydroxylation sites is 2. The summed E-state index contributed by atoms with van der Waals surface area (Å²) in [5.74, 6) is 0. The van der Waals surface area contributed by atoms with Gasteiger partial charge in [-0.15, -0.1) is 0 Å². The number of rotatable bonds is 2. The molecule has 0 saturated heterocycles. The average Bonchev–Trinajstić information content (AvgIpc) is 3.35. The van der Waals surface area contributed by atoms with Crippen LogP contribution in [-0.2, 0) is 4.74 Å². The number of ether oxygens (including phenoxy) is 1. The van der Waals surface area contributed by atoms with E-state index in [0.29, 0.717) is 4.60 Å². The Hall–Kier alpha value is -3.35. The number of fused-ring (bicyclic) bond motifs is 4. The summed E-state index contributed by atoms with van der Waals surface area (Å²) in [5.41, 5.74) is 6.43. The summed E-state index contributed by atoms with van der Waals surface area (Å²) < 4.78 is 10.2. The van der Waals surface area contributed by atoms with Gasteiger partial charge in [0.05, 0.1) is 28.1 Å². The molecule has 34 heavy (non-hydrogen) atoms. The van der Waals surface area contributed by atoms with Gasteiger partial charge in [-0.1, -0.05) is 54.6 Å². The first kappa shape index (κ1) is 21.2. The van der Waals surface area contributed by atoms with Crippen molar-refractivity contribution in [2.75, 3.05) is 7.11 Å². The number of methoxy groups -OCH3 is 1. The maximum Gasteiger partial charge on any atom is 0.419 e. The van der Waals surface area contributed by atoms with Crippen molar-refractivity contribution < 1.29 is 9.53 Å². The highest BCUT2D eigenvalue weighted by molar-refractivity contribution is 9.13. The Balaban J connectivity index is 1.46. The molecule has 4 aromatic carbocycles. The first-order valence-corrected chi connectivity index (χ1v) is 12.3. The predicted octanol–water partition coefficient (Wildman–Crippen LogP) is 8.54. The molecule has 0 unspecified atom stereocenters. The van der Waals surface area contributed by atoms with Crippen molar-refractivity contribution in [3.63, 3.8) is 0 Å². The van der Waals surface area contributed by atoms with Gasteiger partial charge in [-0.25, -0.2) is 9.36 Å². The molecule has 2 heterocycles. The van der Waals surface area contributed by atoms with E-state index in [1.807, 2.05) is 12.1 Å². The smallest absolute Gasteiger partial charge is 0.419 e. The van der Waals surface area contributed by atoms with E-state index in [4.69, 9.17) is 4.74 Å². The topological polar surface area (TPSA) is 36.2 Å². The van der Waals surface area contributed by atoms with Crippen molar-refractivity contribution in [3.05, 3.63) is 100 Å². The summed E-state index contributed by atoms with van der Waals surface area (Å²) in [4.78, 5) is 12.2. The minimum absolute atomic E-state index is 0.439. The molecule has 0 aliphatic carbocycles. The lowest BCUT2D eigenvalue weighted by molar-refractivity contribution is 0.173. The standard InChI is InChI=1S/C28H18Br2N2O2/c1-34-28(33)32-25-15-12-18(16-22(25)26(29)27(32)30)17-10-13-19(14-11-17)31-23-8-4-2-6-20(23)21-7-3-5-9-24(21)31/h2-16H,1H3. The van der Waals surface area contributed by atoms with Crippen LogP contribution in [0.1, 0.15) is 0 Å². The SMILES string of the molecule is COC(=O)n1c(Br)c(Br)c2cc(-c3ccc(-n4c5ccccc5c5ccccc54)cc3)ccc21. The van der Waals surface area contributed by atoms with E-state index in [1.54, 1.807) is 0 Å². The van der Waals surface area contributed by atoms with Crippen LogP contribution in [-0.4, -0.2) is 22.3 Å². The highest BCUT2D eigenvalue weighted by Gasteiger charge is 2.19. The van der Waals surface area contributed by atoms with Gasteiger partial charge in [-0.3, -0.25) is 0 Å². The zero-order valence-electron chi connectivity index (χ0n) is 18.1. The maximum atomic E-state index is 12.2. The van der Waals surface area contributed by atoms with E-state index in [-0.39, 0.29) is 0 Å². The first-order valence-electron chi connectivity index (χ1n) is 10.8. The molecular weight excluding hydrogens is 556 g/mol. The third kappa shape index (κ3) is 3.13. The highest BCUT2D eigenvalue weighted by Crippen LogP contribution is 2.38. The van der Waals surface area contributed by atoms with Crippen LogP contribution in [0.5, 0.6) is 0 Å². The molecule has 0 N–H and O–H groups in total. The second-order valence-electron chi connectivity index (χ2n) is 8.06. The van der Waals surface area contributed by atoms with Crippen LogP contribution < -0.4 is 0 Å². The molecule has 0 aliphatic rings. The van der Waals surface area contributed by atoms with Gasteiger partial charge < -0.3 is 9.30 Å². The second-order valence-corrected chi connectivity index (χ2v) is 9.60. The lowest BCUT2D eigenvalue weighted by Crippen LogP contribution is -2.11. The van der Waals surface area contributed by atoms with Crippen LogP contribution >= 0.6 is 31.9 Å². The van der Waals surface area contributed by atoms with E-state index in [0.717, 1.165) is 32.2 Å². The van der Waals surface area contributed by atoms with Crippen molar-refractivity contribution in [3.8, 4) is 16.8 Å². The fourth-order valence-electron chi connectivity index (χ4n) is 4.67. The van der Waals surface area contributed by atoms with Crippen LogP contribution in [0.4, 0.5) is 4.79 Å². The first-order chi connectivity index (χ1) is 16.6.